The number of thiazole rings is 1. The van der Waals surface area contributed by atoms with Gasteiger partial charge in [0.05, 0.1) is 0 Å². The lowest BCUT2D eigenvalue weighted by Crippen LogP contribution is -2.19. The SMILES string of the molecule is CC/C(C)=N\NC(=O)c1sc(=S)n(C)c1C. The molecule has 1 N–H and O–H groups in total. The first-order chi connectivity index (χ1) is 7.47. The van der Waals surface area contributed by atoms with Crippen molar-refractivity contribution in [3.05, 3.63) is 14.5 Å². The molecule has 0 atom stereocenters. The van der Waals surface area contributed by atoms with E-state index in [1.54, 1.807) is 0 Å². The Bertz CT molecular complexity index is 485. The van der Waals surface area contributed by atoms with E-state index in [2.05, 4.69) is 10.5 Å². The summed E-state index contributed by atoms with van der Waals surface area (Å²) in [6, 6.07) is 0. The third-order valence-electron chi connectivity index (χ3n) is 2.36. The van der Waals surface area contributed by atoms with Gasteiger partial charge < -0.3 is 4.57 Å². The van der Waals surface area contributed by atoms with Gasteiger partial charge in [0.2, 0.25) is 0 Å². The van der Waals surface area contributed by atoms with Crippen LogP contribution < -0.4 is 5.43 Å². The summed E-state index contributed by atoms with van der Waals surface area (Å²) in [6.07, 6.45) is 0.823. The molecule has 1 amide bonds. The largest absolute Gasteiger partial charge is 0.330 e. The molecule has 6 heteroatoms. The maximum atomic E-state index is 11.8. The Hall–Kier alpha value is -1.01. The van der Waals surface area contributed by atoms with Gasteiger partial charge in [0, 0.05) is 18.5 Å². The van der Waals surface area contributed by atoms with Gasteiger partial charge in [-0.2, -0.15) is 5.10 Å². The number of amides is 1. The molecule has 0 aliphatic heterocycles. The summed E-state index contributed by atoms with van der Waals surface area (Å²) in [5.74, 6) is -0.193. The van der Waals surface area contributed by atoms with E-state index in [9.17, 15) is 4.79 Å². The summed E-state index contributed by atoms with van der Waals surface area (Å²) in [5, 5.41) is 3.98. The molecule has 4 nitrogen and oxygen atoms in total. The van der Waals surface area contributed by atoms with Crippen molar-refractivity contribution < 1.29 is 4.79 Å². The van der Waals surface area contributed by atoms with Gasteiger partial charge in [0.25, 0.3) is 5.91 Å². The predicted molar refractivity (Wildman–Crippen MR) is 69.7 cm³/mol. The Morgan fingerprint density at radius 3 is 2.69 bits per heavy atom. The lowest BCUT2D eigenvalue weighted by molar-refractivity contribution is 0.0957. The smallest absolute Gasteiger partial charge is 0.283 e. The van der Waals surface area contributed by atoms with Crippen molar-refractivity contribution in [3.63, 3.8) is 0 Å². The van der Waals surface area contributed by atoms with Crippen molar-refractivity contribution in [2.45, 2.75) is 27.2 Å². The summed E-state index contributed by atoms with van der Waals surface area (Å²) in [5.41, 5.74) is 4.30. The van der Waals surface area contributed by atoms with Gasteiger partial charge in [-0.1, -0.05) is 18.3 Å². The van der Waals surface area contributed by atoms with Crippen molar-refractivity contribution in [2.75, 3.05) is 0 Å². The molecule has 0 saturated heterocycles. The zero-order valence-corrected chi connectivity index (χ0v) is 11.5. The van der Waals surface area contributed by atoms with Crippen LogP contribution in [0.1, 0.15) is 35.6 Å². The van der Waals surface area contributed by atoms with Gasteiger partial charge in [0.1, 0.15) is 4.88 Å². The standard InChI is InChI=1S/C10H15N3OS2/c1-5-6(2)11-12-9(14)8-7(3)13(4)10(15)16-8/h5H2,1-4H3,(H,12,14)/b11-6-. The van der Waals surface area contributed by atoms with Crippen molar-refractivity contribution in [1.29, 1.82) is 0 Å². The Morgan fingerprint density at radius 2 is 2.25 bits per heavy atom. The van der Waals surface area contributed by atoms with Crippen LogP contribution in [0.15, 0.2) is 5.10 Å². The fourth-order valence-corrected chi connectivity index (χ4v) is 2.26. The van der Waals surface area contributed by atoms with Crippen LogP contribution in [0, 0.1) is 10.9 Å². The van der Waals surface area contributed by atoms with Crippen LogP contribution >= 0.6 is 23.6 Å². The quantitative estimate of drug-likeness (QED) is 0.514. The number of hydrogen-bond donors (Lipinski definition) is 1. The van der Waals surface area contributed by atoms with E-state index in [0.717, 1.165) is 17.8 Å². The molecule has 1 heterocycles. The van der Waals surface area contributed by atoms with E-state index >= 15 is 0 Å². The molecule has 0 unspecified atom stereocenters. The topological polar surface area (TPSA) is 46.4 Å². The van der Waals surface area contributed by atoms with Gasteiger partial charge in [-0.25, -0.2) is 5.43 Å². The fourth-order valence-electron chi connectivity index (χ4n) is 1.01. The minimum atomic E-state index is -0.193. The fraction of sp³-hybridized carbons (Fsp3) is 0.500. The zero-order valence-electron chi connectivity index (χ0n) is 9.83. The number of carbonyl (C=O) groups is 1. The summed E-state index contributed by atoms with van der Waals surface area (Å²) in [4.78, 5) is 12.4. The molecular formula is C10H15N3OS2. The minimum Gasteiger partial charge on any atom is -0.330 e. The summed E-state index contributed by atoms with van der Waals surface area (Å²) in [6.45, 7) is 5.74. The highest BCUT2D eigenvalue weighted by molar-refractivity contribution is 7.73. The summed E-state index contributed by atoms with van der Waals surface area (Å²) < 4.78 is 2.52. The molecule has 0 bridgehead atoms. The highest BCUT2D eigenvalue weighted by Gasteiger charge is 2.13. The van der Waals surface area contributed by atoms with Crippen LogP contribution in [0.3, 0.4) is 0 Å². The third kappa shape index (κ3) is 2.76. The number of nitrogens with zero attached hydrogens (tertiary/aromatic N) is 2. The van der Waals surface area contributed by atoms with E-state index < -0.39 is 0 Å². The molecule has 0 aliphatic rings. The van der Waals surface area contributed by atoms with Crippen LogP contribution in [-0.4, -0.2) is 16.2 Å². The van der Waals surface area contributed by atoms with Crippen molar-refractivity contribution >= 4 is 35.2 Å². The molecule has 0 saturated carbocycles. The average molecular weight is 257 g/mol. The molecule has 0 aliphatic carbocycles. The van der Waals surface area contributed by atoms with Crippen molar-refractivity contribution in [3.8, 4) is 0 Å². The molecule has 0 aromatic carbocycles. The van der Waals surface area contributed by atoms with Crippen LogP contribution in [0.4, 0.5) is 0 Å². The second-order valence-corrected chi connectivity index (χ2v) is 5.13. The van der Waals surface area contributed by atoms with E-state index in [1.807, 2.05) is 32.4 Å². The van der Waals surface area contributed by atoms with E-state index in [1.165, 1.54) is 11.3 Å². The minimum absolute atomic E-state index is 0.193. The van der Waals surface area contributed by atoms with E-state index in [0.29, 0.717) is 8.83 Å². The average Bonchev–Trinajstić information content (AvgIpc) is 2.53. The van der Waals surface area contributed by atoms with Gasteiger partial charge in [-0.05, 0) is 32.5 Å². The van der Waals surface area contributed by atoms with Gasteiger partial charge in [-0.15, -0.1) is 0 Å². The number of hydrogen-bond acceptors (Lipinski definition) is 4. The van der Waals surface area contributed by atoms with Crippen LogP contribution in [0.5, 0.6) is 0 Å². The highest BCUT2D eigenvalue weighted by Crippen LogP contribution is 2.17. The molecule has 0 fully saturated rings. The molecule has 16 heavy (non-hydrogen) atoms. The predicted octanol–water partition coefficient (Wildman–Crippen LogP) is 2.64. The first kappa shape index (κ1) is 13.1. The molecule has 1 aromatic heterocycles. The summed E-state index contributed by atoms with van der Waals surface area (Å²) in [7, 11) is 1.85. The molecule has 0 spiro atoms. The molecule has 0 radical (unpaired) electrons. The number of hydrazone groups is 1. The van der Waals surface area contributed by atoms with Crippen LogP contribution in [0.25, 0.3) is 0 Å². The Labute approximate surface area is 104 Å². The molecule has 88 valence electrons. The number of carbonyl (C=O) groups excluding carboxylic acids is 1. The van der Waals surface area contributed by atoms with Crippen LogP contribution in [-0.2, 0) is 7.05 Å². The second kappa shape index (κ2) is 5.36. The summed E-state index contributed by atoms with van der Waals surface area (Å²) >= 11 is 6.41. The second-order valence-electron chi connectivity index (χ2n) is 3.48. The van der Waals surface area contributed by atoms with Crippen molar-refractivity contribution in [1.82, 2.24) is 9.99 Å². The molecular weight excluding hydrogens is 242 g/mol. The van der Waals surface area contributed by atoms with Gasteiger partial charge in [0.15, 0.2) is 3.95 Å². The molecule has 1 aromatic rings. The van der Waals surface area contributed by atoms with Gasteiger partial charge >= 0.3 is 0 Å². The maximum Gasteiger partial charge on any atom is 0.283 e. The van der Waals surface area contributed by atoms with Gasteiger partial charge in [-0.3, -0.25) is 4.79 Å². The normalized spacial score (nSPS) is 11.6. The zero-order chi connectivity index (χ0) is 12.3. The Morgan fingerprint density at radius 1 is 1.62 bits per heavy atom. The third-order valence-corrected chi connectivity index (χ3v) is 4.02. The van der Waals surface area contributed by atoms with Crippen molar-refractivity contribution in [2.24, 2.45) is 12.1 Å². The molecule has 1 rings (SSSR count). The monoisotopic (exact) mass is 257 g/mol. The Balaban J connectivity index is 2.90. The lowest BCUT2D eigenvalue weighted by Gasteiger charge is -2.00. The number of rotatable bonds is 3. The Kier molecular flexibility index (Phi) is 4.37. The van der Waals surface area contributed by atoms with Crippen LogP contribution in [0.2, 0.25) is 0 Å². The first-order valence-electron chi connectivity index (χ1n) is 4.97. The maximum absolute atomic E-state index is 11.8. The first-order valence-corrected chi connectivity index (χ1v) is 6.19. The number of nitrogens with one attached hydrogen (secondary N) is 1. The number of aromatic nitrogens is 1. The lowest BCUT2D eigenvalue weighted by atomic mass is 10.3. The van der Waals surface area contributed by atoms with E-state index in [-0.39, 0.29) is 5.91 Å². The van der Waals surface area contributed by atoms with E-state index in [4.69, 9.17) is 12.2 Å². The highest BCUT2D eigenvalue weighted by atomic mass is 32.1.